The number of hydrogen-bond donors (Lipinski definition) is 2. The van der Waals surface area contributed by atoms with Crippen LogP contribution in [0.25, 0.3) is 0 Å². The van der Waals surface area contributed by atoms with Gasteiger partial charge in [0.1, 0.15) is 5.70 Å². The molecule has 0 saturated heterocycles. The van der Waals surface area contributed by atoms with Gasteiger partial charge in [-0.25, -0.2) is 9.18 Å². The van der Waals surface area contributed by atoms with Gasteiger partial charge in [-0.3, -0.25) is 4.79 Å². The molecule has 0 atom stereocenters. The summed E-state index contributed by atoms with van der Waals surface area (Å²) in [7, 11) is 1.22. The first-order chi connectivity index (χ1) is 12.7. The second-order valence-electron chi connectivity index (χ2n) is 7.41. The predicted molar refractivity (Wildman–Crippen MR) is 97.7 cm³/mol. The van der Waals surface area contributed by atoms with Crippen LogP contribution in [0.1, 0.15) is 20.8 Å². The van der Waals surface area contributed by atoms with Gasteiger partial charge in [0.05, 0.1) is 32.4 Å². The van der Waals surface area contributed by atoms with Crippen molar-refractivity contribution in [3.8, 4) is 5.75 Å². The van der Waals surface area contributed by atoms with Crippen LogP contribution in [0.3, 0.4) is 0 Å². The zero-order valence-electron chi connectivity index (χ0n) is 16.0. The molecule has 0 unspecified atom stereocenters. The number of halogens is 1. The average Bonchev–Trinajstić information content (AvgIpc) is 2.89. The zero-order valence-corrected chi connectivity index (χ0v) is 16.0. The Hall–Kier alpha value is -2.61. The number of anilines is 1. The molecule has 8 heteroatoms. The number of benzene rings is 1. The molecule has 1 aromatic carbocycles. The van der Waals surface area contributed by atoms with Crippen LogP contribution in [0.15, 0.2) is 29.5 Å². The molecular weight excluding hydrogens is 355 g/mol. The smallest absolute Gasteiger partial charge is 0.337 e. The van der Waals surface area contributed by atoms with E-state index in [2.05, 4.69) is 5.32 Å². The van der Waals surface area contributed by atoms with Crippen LogP contribution >= 0.6 is 0 Å². The molecule has 0 fully saturated rings. The summed E-state index contributed by atoms with van der Waals surface area (Å²) in [4.78, 5) is 25.7. The summed E-state index contributed by atoms with van der Waals surface area (Å²) in [5.74, 6) is -1.59. The first-order valence-corrected chi connectivity index (χ1v) is 8.57. The van der Waals surface area contributed by atoms with E-state index < -0.39 is 17.7 Å². The Kier molecular flexibility index (Phi) is 6.43. The molecule has 0 saturated carbocycles. The number of nitrogens with zero attached hydrogens (tertiary/aromatic N) is 1. The Morgan fingerprint density at radius 3 is 2.63 bits per heavy atom. The summed E-state index contributed by atoms with van der Waals surface area (Å²) in [6.07, 6.45) is 0. The van der Waals surface area contributed by atoms with Gasteiger partial charge >= 0.3 is 5.97 Å². The quantitative estimate of drug-likeness (QED) is 0.703. The molecular formula is C19H25FN2O5. The topological polar surface area (TPSA) is 88.1 Å². The van der Waals surface area contributed by atoms with E-state index in [9.17, 15) is 14.0 Å². The van der Waals surface area contributed by atoms with E-state index in [0.717, 1.165) is 0 Å². The number of carbonyl (C=O) groups is 2. The van der Waals surface area contributed by atoms with Crippen molar-refractivity contribution >= 4 is 17.6 Å². The van der Waals surface area contributed by atoms with E-state index in [1.165, 1.54) is 24.1 Å². The first kappa shape index (κ1) is 20.7. The van der Waals surface area contributed by atoms with Crippen molar-refractivity contribution < 1.29 is 28.6 Å². The minimum Gasteiger partial charge on any atom is -0.490 e. The van der Waals surface area contributed by atoms with Crippen molar-refractivity contribution in [3.05, 3.63) is 35.3 Å². The molecule has 2 rings (SSSR count). The van der Waals surface area contributed by atoms with Crippen molar-refractivity contribution in [2.75, 3.05) is 38.7 Å². The number of rotatable bonds is 7. The number of nitrogens with one attached hydrogen (secondary N) is 1. The Morgan fingerprint density at radius 2 is 2.07 bits per heavy atom. The molecule has 1 heterocycles. The molecule has 0 bridgehead atoms. The number of carbonyl (C=O) groups excluding carboxylic acids is 2. The lowest BCUT2D eigenvalue weighted by Crippen LogP contribution is -2.31. The van der Waals surface area contributed by atoms with Gasteiger partial charge in [0.2, 0.25) is 0 Å². The van der Waals surface area contributed by atoms with E-state index >= 15 is 0 Å². The number of ether oxygens (including phenoxy) is 2. The summed E-state index contributed by atoms with van der Waals surface area (Å²) < 4.78 is 24.5. The second kappa shape index (κ2) is 8.39. The standard InChI is InChI=1S/C19H25FN2O5/c1-19(2,3)11-27-15-6-5-12(9-14(15)20)21-16-13(18(25)26-4)10-22(7-8-23)17(16)24/h5-6,9,21,23H,7-8,10-11H2,1-4H3. The van der Waals surface area contributed by atoms with Gasteiger partial charge in [-0.1, -0.05) is 20.8 Å². The van der Waals surface area contributed by atoms with Crippen molar-refractivity contribution in [3.63, 3.8) is 0 Å². The Bertz CT molecular complexity index is 755. The predicted octanol–water partition coefficient (Wildman–Crippen LogP) is 1.92. The monoisotopic (exact) mass is 380 g/mol. The van der Waals surface area contributed by atoms with E-state index in [1.807, 2.05) is 20.8 Å². The maximum absolute atomic E-state index is 14.3. The molecule has 0 aliphatic carbocycles. The van der Waals surface area contributed by atoms with Crippen LogP contribution in [0.2, 0.25) is 0 Å². The third kappa shape index (κ3) is 5.19. The highest BCUT2D eigenvalue weighted by Gasteiger charge is 2.34. The molecule has 7 nitrogen and oxygen atoms in total. The van der Waals surface area contributed by atoms with Crippen LogP contribution in [0, 0.1) is 11.2 Å². The largest absolute Gasteiger partial charge is 0.490 e. The van der Waals surface area contributed by atoms with Crippen molar-refractivity contribution in [2.45, 2.75) is 20.8 Å². The highest BCUT2D eigenvalue weighted by Crippen LogP contribution is 2.27. The molecule has 1 aliphatic heterocycles. The molecule has 0 spiro atoms. The third-order valence-corrected chi connectivity index (χ3v) is 3.82. The molecule has 148 valence electrons. The van der Waals surface area contributed by atoms with E-state index in [0.29, 0.717) is 12.3 Å². The molecule has 2 N–H and O–H groups in total. The highest BCUT2D eigenvalue weighted by molar-refractivity contribution is 6.08. The van der Waals surface area contributed by atoms with Gasteiger partial charge < -0.3 is 24.8 Å². The van der Waals surface area contributed by atoms with Crippen molar-refractivity contribution in [1.29, 1.82) is 0 Å². The van der Waals surface area contributed by atoms with Gasteiger partial charge in [-0.2, -0.15) is 0 Å². The Labute approximate surface area is 157 Å². The number of esters is 1. The molecule has 0 aromatic heterocycles. The zero-order chi connectivity index (χ0) is 20.2. The van der Waals surface area contributed by atoms with Gasteiger partial charge in [0, 0.05) is 18.3 Å². The summed E-state index contributed by atoms with van der Waals surface area (Å²) in [5.41, 5.74) is 0.324. The number of hydrogen-bond acceptors (Lipinski definition) is 6. The van der Waals surface area contributed by atoms with E-state index in [4.69, 9.17) is 14.6 Å². The minimum atomic E-state index is -0.656. The lowest BCUT2D eigenvalue weighted by atomic mass is 9.99. The van der Waals surface area contributed by atoms with E-state index in [-0.39, 0.29) is 42.1 Å². The third-order valence-electron chi connectivity index (χ3n) is 3.82. The number of aliphatic hydroxyl groups is 1. The second-order valence-corrected chi connectivity index (χ2v) is 7.41. The lowest BCUT2D eigenvalue weighted by molar-refractivity contribution is -0.136. The highest BCUT2D eigenvalue weighted by atomic mass is 19.1. The summed E-state index contributed by atoms with van der Waals surface area (Å²) >= 11 is 0. The molecule has 1 aliphatic rings. The van der Waals surface area contributed by atoms with Crippen molar-refractivity contribution in [2.24, 2.45) is 5.41 Å². The Balaban J connectivity index is 2.21. The maximum atomic E-state index is 14.3. The SMILES string of the molecule is COC(=O)C1=C(Nc2ccc(OCC(C)(C)C)c(F)c2)C(=O)N(CCO)C1. The average molecular weight is 380 g/mol. The van der Waals surface area contributed by atoms with Gasteiger partial charge in [0.25, 0.3) is 5.91 Å². The number of β-amino-alcohol motifs (C(OH)–C–C–N with tert-alkyl or cyclic N) is 1. The van der Waals surface area contributed by atoms with Crippen molar-refractivity contribution in [1.82, 2.24) is 4.90 Å². The number of aliphatic hydroxyl groups excluding tert-OH is 1. The van der Waals surface area contributed by atoms with Crippen LogP contribution in [-0.4, -0.2) is 55.3 Å². The molecule has 1 amide bonds. The number of amides is 1. The fraction of sp³-hybridized carbons (Fsp3) is 0.474. The van der Waals surface area contributed by atoms with Gasteiger partial charge in [-0.05, 0) is 17.5 Å². The van der Waals surface area contributed by atoms with Crippen LogP contribution in [0.5, 0.6) is 5.75 Å². The van der Waals surface area contributed by atoms with E-state index in [1.54, 1.807) is 6.07 Å². The molecule has 27 heavy (non-hydrogen) atoms. The van der Waals surface area contributed by atoms with Gasteiger partial charge in [0.15, 0.2) is 11.6 Å². The van der Waals surface area contributed by atoms with Crippen LogP contribution in [-0.2, 0) is 14.3 Å². The fourth-order valence-corrected chi connectivity index (χ4v) is 2.48. The minimum absolute atomic E-state index is 0.0121. The molecule has 1 aromatic rings. The van der Waals surface area contributed by atoms with Gasteiger partial charge in [-0.15, -0.1) is 0 Å². The summed E-state index contributed by atoms with van der Waals surface area (Å²) in [5, 5.41) is 11.9. The number of methoxy groups -OCH3 is 1. The summed E-state index contributed by atoms with van der Waals surface area (Å²) in [6, 6.07) is 4.22. The van der Waals surface area contributed by atoms with Crippen LogP contribution < -0.4 is 10.1 Å². The Morgan fingerprint density at radius 1 is 1.37 bits per heavy atom. The molecule has 0 radical (unpaired) electrons. The van der Waals surface area contributed by atoms with Crippen LogP contribution in [0.4, 0.5) is 10.1 Å². The summed E-state index contributed by atoms with van der Waals surface area (Å²) in [6.45, 7) is 6.15. The first-order valence-electron chi connectivity index (χ1n) is 8.57. The maximum Gasteiger partial charge on any atom is 0.337 e. The fourth-order valence-electron chi connectivity index (χ4n) is 2.48. The normalized spacial score (nSPS) is 14.6. The lowest BCUT2D eigenvalue weighted by Gasteiger charge is -2.19.